The summed E-state index contributed by atoms with van der Waals surface area (Å²) in [5.74, 6) is 0. The second-order valence-electron chi connectivity index (χ2n) is 3.94. The molecular formula is C9H20O2Si3. The normalized spacial score (nSPS) is 13.1. The Kier molecular flexibility index (Phi) is 5.53. The fraction of sp³-hybridized carbons (Fsp3) is 0.333. The zero-order chi connectivity index (χ0) is 11.2. The van der Waals surface area contributed by atoms with Crippen LogP contribution in [0, 0.1) is 0 Å². The predicted molar refractivity (Wildman–Crippen MR) is 70.4 cm³/mol. The second kappa shape index (κ2) is 5.62. The lowest BCUT2D eigenvalue weighted by Gasteiger charge is -2.31. The van der Waals surface area contributed by atoms with E-state index < -0.39 is 26.6 Å². The summed E-state index contributed by atoms with van der Waals surface area (Å²) < 4.78 is 11.8. The maximum absolute atomic E-state index is 6.03. The first-order chi connectivity index (χ1) is 6.39. The molecule has 0 aromatic rings. The SMILES string of the molecule is C=C[SiH2]O[Si](C=C)(C=C)O[Si](C)(C)C. The van der Waals surface area contributed by atoms with Gasteiger partial charge in [-0.2, -0.15) is 0 Å². The van der Waals surface area contributed by atoms with Crippen LogP contribution in [-0.4, -0.2) is 26.6 Å². The van der Waals surface area contributed by atoms with Crippen molar-refractivity contribution in [3.05, 3.63) is 36.8 Å². The van der Waals surface area contributed by atoms with Crippen molar-refractivity contribution in [1.82, 2.24) is 0 Å². The van der Waals surface area contributed by atoms with Crippen molar-refractivity contribution in [2.45, 2.75) is 19.6 Å². The number of hydrogen-bond acceptors (Lipinski definition) is 2. The summed E-state index contributed by atoms with van der Waals surface area (Å²) >= 11 is 0. The van der Waals surface area contributed by atoms with Gasteiger partial charge < -0.3 is 8.23 Å². The predicted octanol–water partition coefficient (Wildman–Crippen LogP) is 1.97. The van der Waals surface area contributed by atoms with Crippen LogP contribution in [0.5, 0.6) is 0 Å². The molecule has 0 unspecified atom stereocenters. The molecule has 80 valence electrons. The van der Waals surface area contributed by atoms with Crippen LogP contribution in [0.1, 0.15) is 0 Å². The average Bonchev–Trinajstić information content (AvgIpc) is 2.10. The summed E-state index contributed by atoms with van der Waals surface area (Å²) in [5.41, 5.74) is 5.45. The average molecular weight is 245 g/mol. The first kappa shape index (κ1) is 13.8. The van der Waals surface area contributed by atoms with E-state index in [9.17, 15) is 0 Å². The molecule has 0 aromatic heterocycles. The highest BCUT2D eigenvalue weighted by Crippen LogP contribution is 2.17. The van der Waals surface area contributed by atoms with E-state index in [0.29, 0.717) is 0 Å². The molecule has 0 rings (SSSR count). The van der Waals surface area contributed by atoms with Crippen molar-refractivity contribution in [3.63, 3.8) is 0 Å². The number of rotatable bonds is 7. The quantitative estimate of drug-likeness (QED) is 0.638. The van der Waals surface area contributed by atoms with E-state index in [2.05, 4.69) is 39.4 Å². The molecule has 0 aliphatic rings. The lowest BCUT2D eigenvalue weighted by Crippen LogP contribution is -2.47. The standard InChI is InChI=1S/C9H20O2Si3/c1-7-12-10-14(8-2,9-3)11-13(4,5)6/h7-9H,1-3,12H2,4-6H3. The third-order valence-corrected chi connectivity index (χ3v) is 9.03. The van der Waals surface area contributed by atoms with Crippen molar-refractivity contribution in [2.75, 3.05) is 0 Å². The molecular weight excluding hydrogens is 224 g/mol. The molecule has 0 aliphatic heterocycles. The summed E-state index contributed by atoms with van der Waals surface area (Å²) in [7, 11) is -4.62. The molecule has 0 N–H and O–H groups in total. The van der Waals surface area contributed by atoms with E-state index in [1.54, 1.807) is 11.4 Å². The second-order valence-corrected chi connectivity index (χ2v) is 13.3. The largest absolute Gasteiger partial charge is 0.432 e. The summed E-state index contributed by atoms with van der Waals surface area (Å²) in [6.07, 6.45) is 0. The Morgan fingerprint density at radius 2 is 1.57 bits per heavy atom. The molecule has 0 fully saturated rings. The molecule has 0 heterocycles. The van der Waals surface area contributed by atoms with Crippen LogP contribution in [0.3, 0.4) is 0 Å². The Labute approximate surface area is 91.6 Å². The Morgan fingerprint density at radius 1 is 1.07 bits per heavy atom. The Balaban J connectivity index is 4.60. The molecule has 0 aliphatic carbocycles. The van der Waals surface area contributed by atoms with E-state index in [1.165, 1.54) is 0 Å². The lowest BCUT2D eigenvalue weighted by molar-refractivity contribution is 0.429. The Bertz CT molecular complexity index is 213. The third-order valence-electron chi connectivity index (χ3n) is 1.46. The van der Waals surface area contributed by atoms with Gasteiger partial charge in [0, 0.05) is 0 Å². The molecule has 0 saturated carbocycles. The van der Waals surface area contributed by atoms with Crippen LogP contribution in [0.2, 0.25) is 19.6 Å². The minimum atomic E-state index is -2.32. The highest BCUT2D eigenvalue weighted by Gasteiger charge is 2.35. The zero-order valence-corrected chi connectivity index (χ0v) is 12.8. The molecule has 2 nitrogen and oxygen atoms in total. The maximum atomic E-state index is 6.03. The van der Waals surface area contributed by atoms with Crippen LogP contribution in [0.4, 0.5) is 0 Å². The van der Waals surface area contributed by atoms with E-state index in [1.807, 2.05) is 5.70 Å². The van der Waals surface area contributed by atoms with Gasteiger partial charge in [-0.1, -0.05) is 5.70 Å². The Morgan fingerprint density at radius 3 is 1.86 bits per heavy atom. The highest BCUT2D eigenvalue weighted by atomic mass is 28.5. The Hall–Kier alpha value is -0.209. The van der Waals surface area contributed by atoms with Crippen molar-refractivity contribution in [2.24, 2.45) is 0 Å². The van der Waals surface area contributed by atoms with Gasteiger partial charge >= 0.3 is 8.56 Å². The molecule has 0 amide bonds. The van der Waals surface area contributed by atoms with E-state index in [-0.39, 0.29) is 0 Å². The van der Waals surface area contributed by atoms with E-state index in [4.69, 9.17) is 8.23 Å². The van der Waals surface area contributed by atoms with Crippen LogP contribution >= 0.6 is 0 Å². The smallest absolute Gasteiger partial charge is 0.370 e. The highest BCUT2D eigenvalue weighted by molar-refractivity contribution is 6.89. The summed E-state index contributed by atoms with van der Waals surface area (Å²) in [6, 6.07) is 0. The molecule has 0 bridgehead atoms. The van der Waals surface area contributed by atoms with E-state index >= 15 is 0 Å². The topological polar surface area (TPSA) is 18.5 Å². The lowest BCUT2D eigenvalue weighted by atomic mass is 11.2. The molecule has 0 spiro atoms. The number of hydrogen-bond donors (Lipinski definition) is 0. The van der Waals surface area contributed by atoms with Crippen molar-refractivity contribution in [3.8, 4) is 0 Å². The van der Waals surface area contributed by atoms with Crippen LogP contribution < -0.4 is 0 Å². The van der Waals surface area contributed by atoms with Gasteiger partial charge in [-0.15, -0.1) is 19.7 Å². The van der Waals surface area contributed by atoms with Crippen molar-refractivity contribution >= 4 is 26.6 Å². The van der Waals surface area contributed by atoms with Gasteiger partial charge in [-0.05, 0) is 31.0 Å². The van der Waals surface area contributed by atoms with Gasteiger partial charge in [0.25, 0.3) is 0 Å². The monoisotopic (exact) mass is 244 g/mol. The van der Waals surface area contributed by atoms with Crippen LogP contribution in [0.15, 0.2) is 36.8 Å². The van der Waals surface area contributed by atoms with Gasteiger partial charge in [0.1, 0.15) is 0 Å². The van der Waals surface area contributed by atoms with Gasteiger partial charge in [0.05, 0.1) is 0 Å². The first-order valence-corrected chi connectivity index (χ1v) is 11.4. The van der Waals surface area contributed by atoms with Crippen LogP contribution in [-0.2, 0) is 8.23 Å². The fourth-order valence-electron chi connectivity index (χ4n) is 0.982. The third kappa shape index (κ3) is 4.87. The minimum Gasteiger partial charge on any atom is -0.432 e. The summed E-state index contributed by atoms with van der Waals surface area (Å²) in [4.78, 5) is 0. The van der Waals surface area contributed by atoms with Gasteiger partial charge in [0.15, 0.2) is 18.1 Å². The molecule has 5 heteroatoms. The van der Waals surface area contributed by atoms with E-state index in [0.717, 1.165) is 0 Å². The van der Waals surface area contributed by atoms with Crippen LogP contribution in [0.25, 0.3) is 0 Å². The molecule has 0 saturated heterocycles. The zero-order valence-electron chi connectivity index (χ0n) is 9.38. The molecule has 0 aromatic carbocycles. The van der Waals surface area contributed by atoms with Crippen molar-refractivity contribution in [1.29, 1.82) is 0 Å². The van der Waals surface area contributed by atoms with Gasteiger partial charge in [-0.25, -0.2) is 0 Å². The summed E-state index contributed by atoms with van der Waals surface area (Å²) in [6.45, 7) is 17.7. The minimum absolute atomic E-state index is 0.693. The molecule has 0 radical (unpaired) electrons. The first-order valence-electron chi connectivity index (χ1n) is 4.61. The van der Waals surface area contributed by atoms with Gasteiger partial charge in [0.2, 0.25) is 0 Å². The maximum Gasteiger partial charge on any atom is 0.370 e. The summed E-state index contributed by atoms with van der Waals surface area (Å²) in [5, 5.41) is 0. The van der Waals surface area contributed by atoms with Gasteiger partial charge in [-0.3, -0.25) is 0 Å². The molecule has 0 atom stereocenters. The fourth-order valence-corrected chi connectivity index (χ4v) is 8.87. The molecule has 14 heavy (non-hydrogen) atoms. The van der Waals surface area contributed by atoms with Crippen molar-refractivity contribution < 1.29 is 8.23 Å².